The van der Waals surface area contributed by atoms with Crippen molar-refractivity contribution in [2.24, 2.45) is 0 Å². The zero-order chi connectivity index (χ0) is 19.1. The number of hydrogen-bond donors (Lipinski definition) is 1. The number of ether oxygens (including phenoxy) is 1. The van der Waals surface area contributed by atoms with Crippen molar-refractivity contribution in [2.75, 3.05) is 19.6 Å². The molecule has 0 saturated carbocycles. The van der Waals surface area contributed by atoms with Crippen molar-refractivity contribution >= 4 is 5.91 Å². The van der Waals surface area contributed by atoms with Gasteiger partial charge in [-0.05, 0) is 69.1 Å². The Morgan fingerprint density at radius 2 is 2.07 bits per heavy atom. The summed E-state index contributed by atoms with van der Waals surface area (Å²) in [6.07, 6.45) is 4.74. The van der Waals surface area contributed by atoms with Crippen LogP contribution in [0.25, 0.3) is 0 Å². The Kier molecular flexibility index (Phi) is 6.82. The first-order valence-electron chi connectivity index (χ1n) is 9.83. The van der Waals surface area contributed by atoms with E-state index in [1.54, 1.807) is 6.20 Å². The zero-order valence-corrected chi connectivity index (χ0v) is 16.3. The number of amides is 1. The molecule has 1 amide bonds. The van der Waals surface area contributed by atoms with Gasteiger partial charge in [0.2, 0.25) is 0 Å². The van der Waals surface area contributed by atoms with Gasteiger partial charge in [-0.2, -0.15) is 0 Å². The average molecular weight is 367 g/mol. The Hall–Kier alpha value is -2.40. The van der Waals surface area contributed by atoms with Gasteiger partial charge in [0.05, 0.1) is 6.20 Å². The number of piperidine rings is 1. The number of carbonyl (C=O) groups excluding carboxylic acids is 1. The Morgan fingerprint density at radius 3 is 2.78 bits per heavy atom. The monoisotopic (exact) mass is 367 g/mol. The minimum atomic E-state index is 0.127. The quantitative estimate of drug-likeness (QED) is 0.813. The lowest BCUT2D eigenvalue weighted by Gasteiger charge is -2.34. The van der Waals surface area contributed by atoms with E-state index in [4.69, 9.17) is 4.74 Å². The lowest BCUT2D eigenvalue weighted by atomic mass is 10.0. The van der Waals surface area contributed by atoms with Gasteiger partial charge in [0, 0.05) is 23.8 Å². The third-order valence-electron chi connectivity index (χ3n) is 4.94. The Balaban J connectivity index is 1.68. The van der Waals surface area contributed by atoms with E-state index in [1.807, 2.05) is 43.3 Å². The molecule has 0 unspecified atom stereocenters. The molecule has 5 heteroatoms. The normalized spacial score (nSPS) is 14.7. The van der Waals surface area contributed by atoms with Crippen molar-refractivity contribution in [2.45, 2.75) is 45.8 Å². The summed E-state index contributed by atoms with van der Waals surface area (Å²) >= 11 is 0. The third kappa shape index (κ3) is 5.30. The fourth-order valence-electron chi connectivity index (χ4n) is 3.48. The predicted molar refractivity (Wildman–Crippen MR) is 107 cm³/mol. The van der Waals surface area contributed by atoms with Crippen LogP contribution in [0.4, 0.5) is 0 Å². The molecular formula is C22H29N3O2. The molecule has 0 atom stereocenters. The van der Waals surface area contributed by atoms with E-state index in [2.05, 4.69) is 22.1 Å². The van der Waals surface area contributed by atoms with Gasteiger partial charge in [-0.15, -0.1) is 0 Å². The highest BCUT2D eigenvalue weighted by Gasteiger charge is 2.25. The molecule has 2 aromatic rings. The van der Waals surface area contributed by atoms with Gasteiger partial charge >= 0.3 is 0 Å². The summed E-state index contributed by atoms with van der Waals surface area (Å²) < 4.78 is 5.81. The first kappa shape index (κ1) is 19.4. The lowest BCUT2D eigenvalue weighted by molar-refractivity contribution is 0.0642. The van der Waals surface area contributed by atoms with Crippen LogP contribution in [0.3, 0.4) is 0 Å². The third-order valence-corrected chi connectivity index (χ3v) is 4.94. The molecule has 3 rings (SSSR count). The molecule has 1 N–H and O–H groups in total. The average Bonchev–Trinajstić information content (AvgIpc) is 2.72. The fourth-order valence-corrected chi connectivity index (χ4v) is 3.48. The minimum Gasteiger partial charge on any atom is -0.487 e. The highest BCUT2D eigenvalue weighted by Crippen LogP contribution is 2.18. The van der Waals surface area contributed by atoms with Crippen molar-refractivity contribution < 1.29 is 9.53 Å². The van der Waals surface area contributed by atoms with Gasteiger partial charge < -0.3 is 15.0 Å². The zero-order valence-electron chi connectivity index (χ0n) is 16.3. The summed E-state index contributed by atoms with van der Waals surface area (Å²) in [5, 5.41) is 3.38. The molecule has 1 aliphatic rings. The minimum absolute atomic E-state index is 0.127. The summed E-state index contributed by atoms with van der Waals surface area (Å²) in [7, 11) is 0. The molecule has 1 aromatic carbocycles. The van der Waals surface area contributed by atoms with Crippen LogP contribution >= 0.6 is 0 Å². The molecule has 0 aliphatic carbocycles. The molecule has 5 nitrogen and oxygen atoms in total. The van der Waals surface area contributed by atoms with Gasteiger partial charge in [0.15, 0.2) is 0 Å². The molecule has 2 heterocycles. The Bertz CT molecular complexity index is 739. The summed E-state index contributed by atoms with van der Waals surface area (Å²) in [5.41, 5.74) is 2.69. The SMILES string of the molecule is CCCN(C(=O)c1cccc(COc2ccc(C)nc2)c1)C1CCNCC1. The number of benzene rings is 1. The molecule has 1 fully saturated rings. The molecule has 0 bridgehead atoms. The van der Waals surface area contributed by atoms with E-state index in [0.29, 0.717) is 12.6 Å². The maximum absolute atomic E-state index is 13.2. The standard InChI is InChI=1S/C22H29N3O2/c1-3-13-25(20-9-11-23-12-10-20)22(26)19-6-4-5-18(14-19)16-27-21-8-7-17(2)24-15-21/h4-8,14-15,20,23H,3,9-13,16H2,1-2H3. The van der Waals surface area contributed by atoms with Crippen LogP contribution in [-0.2, 0) is 6.61 Å². The van der Waals surface area contributed by atoms with Crippen LogP contribution in [-0.4, -0.2) is 41.5 Å². The molecule has 0 spiro atoms. The van der Waals surface area contributed by atoms with Crippen LogP contribution in [0.15, 0.2) is 42.6 Å². The Morgan fingerprint density at radius 1 is 1.26 bits per heavy atom. The molecule has 1 aliphatic heterocycles. The topological polar surface area (TPSA) is 54.5 Å². The summed E-state index contributed by atoms with van der Waals surface area (Å²) in [5.74, 6) is 0.863. The van der Waals surface area contributed by atoms with Crippen LogP contribution in [0.5, 0.6) is 5.75 Å². The van der Waals surface area contributed by atoms with Crippen molar-refractivity contribution in [3.05, 3.63) is 59.4 Å². The number of aryl methyl sites for hydroxylation is 1. The first-order valence-corrected chi connectivity index (χ1v) is 9.83. The molecule has 27 heavy (non-hydrogen) atoms. The van der Waals surface area contributed by atoms with Crippen LogP contribution in [0, 0.1) is 6.92 Å². The second-order valence-corrected chi connectivity index (χ2v) is 7.10. The molecule has 1 aromatic heterocycles. The highest BCUT2D eigenvalue weighted by atomic mass is 16.5. The van der Waals surface area contributed by atoms with Gasteiger partial charge in [-0.25, -0.2) is 0 Å². The van der Waals surface area contributed by atoms with Crippen molar-refractivity contribution in [3.63, 3.8) is 0 Å². The number of rotatable bonds is 7. The lowest BCUT2D eigenvalue weighted by Crippen LogP contribution is -2.46. The second kappa shape index (κ2) is 9.51. The van der Waals surface area contributed by atoms with Crippen LogP contribution in [0.1, 0.15) is 47.8 Å². The molecule has 1 saturated heterocycles. The highest BCUT2D eigenvalue weighted by molar-refractivity contribution is 5.94. The maximum atomic E-state index is 13.2. The van der Waals surface area contributed by atoms with Gasteiger partial charge in [-0.1, -0.05) is 19.1 Å². The summed E-state index contributed by atoms with van der Waals surface area (Å²) in [6, 6.07) is 12.0. The maximum Gasteiger partial charge on any atom is 0.254 e. The smallest absolute Gasteiger partial charge is 0.254 e. The van der Waals surface area contributed by atoms with Crippen LogP contribution in [0.2, 0.25) is 0 Å². The van der Waals surface area contributed by atoms with E-state index in [-0.39, 0.29) is 5.91 Å². The molecule has 0 radical (unpaired) electrons. The van der Waals surface area contributed by atoms with Gasteiger partial charge in [0.25, 0.3) is 5.91 Å². The number of pyridine rings is 1. The van der Waals surface area contributed by atoms with E-state index in [9.17, 15) is 4.79 Å². The number of carbonyl (C=O) groups is 1. The molecule has 144 valence electrons. The van der Waals surface area contributed by atoms with E-state index in [0.717, 1.165) is 61.5 Å². The number of nitrogens with one attached hydrogen (secondary N) is 1. The number of aromatic nitrogens is 1. The van der Waals surface area contributed by atoms with Crippen molar-refractivity contribution in [1.82, 2.24) is 15.2 Å². The van der Waals surface area contributed by atoms with Gasteiger partial charge in [-0.3, -0.25) is 9.78 Å². The van der Waals surface area contributed by atoms with E-state index < -0.39 is 0 Å². The van der Waals surface area contributed by atoms with Gasteiger partial charge in [0.1, 0.15) is 12.4 Å². The van der Waals surface area contributed by atoms with E-state index in [1.165, 1.54) is 0 Å². The first-order chi connectivity index (χ1) is 13.2. The fraction of sp³-hybridized carbons (Fsp3) is 0.455. The summed E-state index contributed by atoms with van der Waals surface area (Å²) in [4.78, 5) is 19.5. The number of hydrogen-bond acceptors (Lipinski definition) is 4. The predicted octanol–water partition coefficient (Wildman–Crippen LogP) is 3.57. The van der Waals surface area contributed by atoms with Crippen molar-refractivity contribution in [3.8, 4) is 5.75 Å². The number of nitrogens with zero attached hydrogens (tertiary/aromatic N) is 2. The molecular weight excluding hydrogens is 338 g/mol. The van der Waals surface area contributed by atoms with Crippen LogP contribution < -0.4 is 10.1 Å². The van der Waals surface area contributed by atoms with E-state index >= 15 is 0 Å². The van der Waals surface area contributed by atoms with Crippen molar-refractivity contribution in [1.29, 1.82) is 0 Å². The summed E-state index contributed by atoms with van der Waals surface area (Å²) in [6.45, 7) is 7.27. The largest absolute Gasteiger partial charge is 0.487 e. The second-order valence-electron chi connectivity index (χ2n) is 7.10. The Labute approximate surface area is 161 Å².